The standard InChI is InChI=1S/C7H11NO4/c9-6(10)4-1-2-8-3-5(4)7(11)12/h4-5,8H,1-3H2,(H,9,10)(H,11,12)/t4-,5-/m0/s1. The van der Waals surface area contributed by atoms with Gasteiger partial charge in [-0.25, -0.2) is 0 Å². The van der Waals surface area contributed by atoms with E-state index >= 15 is 0 Å². The van der Waals surface area contributed by atoms with Crippen LogP contribution in [-0.4, -0.2) is 35.2 Å². The second kappa shape index (κ2) is 3.53. The summed E-state index contributed by atoms with van der Waals surface area (Å²) in [5, 5.41) is 20.2. The molecule has 0 aromatic heterocycles. The Kier molecular flexibility index (Phi) is 2.65. The maximum Gasteiger partial charge on any atom is 0.308 e. The van der Waals surface area contributed by atoms with Crippen LogP contribution in [0, 0.1) is 11.8 Å². The molecule has 0 radical (unpaired) electrons. The maximum atomic E-state index is 10.6. The average Bonchev–Trinajstić information content (AvgIpc) is 2.04. The van der Waals surface area contributed by atoms with Crippen molar-refractivity contribution >= 4 is 11.9 Å². The molecule has 0 unspecified atom stereocenters. The molecule has 0 saturated carbocycles. The Bertz CT molecular complexity index is 182. The van der Waals surface area contributed by atoms with Gasteiger partial charge in [0.2, 0.25) is 0 Å². The van der Waals surface area contributed by atoms with E-state index in [0.717, 1.165) is 0 Å². The van der Waals surface area contributed by atoms with Gasteiger partial charge in [0.1, 0.15) is 0 Å². The smallest absolute Gasteiger partial charge is 0.308 e. The molecule has 0 spiro atoms. The first kappa shape index (κ1) is 8.99. The summed E-state index contributed by atoms with van der Waals surface area (Å²) in [6.45, 7) is 0.840. The van der Waals surface area contributed by atoms with Gasteiger partial charge in [-0.2, -0.15) is 0 Å². The molecule has 1 saturated heterocycles. The highest BCUT2D eigenvalue weighted by molar-refractivity contribution is 5.80. The van der Waals surface area contributed by atoms with E-state index in [1.807, 2.05) is 0 Å². The molecule has 1 rings (SSSR count). The Labute approximate surface area is 69.4 Å². The van der Waals surface area contributed by atoms with Gasteiger partial charge in [-0.05, 0) is 13.0 Å². The van der Waals surface area contributed by atoms with Gasteiger partial charge in [0.15, 0.2) is 0 Å². The normalized spacial score (nSPS) is 29.7. The number of carbonyl (C=O) groups is 2. The Morgan fingerprint density at radius 1 is 1.17 bits per heavy atom. The predicted octanol–water partition coefficient (Wildman–Crippen LogP) is -0.619. The minimum Gasteiger partial charge on any atom is -0.481 e. The summed E-state index contributed by atoms with van der Waals surface area (Å²) in [7, 11) is 0. The van der Waals surface area contributed by atoms with E-state index in [9.17, 15) is 9.59 Å². The number of rotatable bonds is 2. The molecule has 68 valence electrons. The van der Waals surface area contributed by atoms with Gasteiger partial charge in [0.25, 0.3) is 0 Å². The van der Waals surface area contributed by atoms with Crippen molar-refractivity contribution in [2.24, 2.45) is 11.8 Å². The minimum atomic E-state index is -1.03. The van der Waals surface area contributed by atoms with Gasteiger partial charge >= 0.3 is 11.9 Å². The van der Waals surface area contributed by atoms with Gasteiger partial charge in [-0.3, -0.25) is 9.59 Å². The summed E-state index contributed by atoms with van der Waals surface area (Å²) in [4.78, 5) is 21.1. The van der Waals surface area contributed by atoms with E-state index in [0.29, 0.717) is 13.0 Å². The van der Waals surface area contributed by atoms with Crippen molar-refractivity contribution in [3.8, 4) is 0 Å². The van der Waals surface area contributed by atoms with Crippen LogP contribution in [0.25, 0.3) is 0 Å². The lowest BCUT2D eigenvalue weighted by Gasteiger charge is -2.25. The third-order valence-electron chi connectivity index (χ3n) is 2.12. The van der Waals surface area contributed by atoms with Crippen molar-refractivity contribution in [1.29, 1.82) is 0 Å². The second-order valence-electron chi connectivity index (χ2n) is 2.88. The van der Waals surface area contributed by atoms with Crippen LogP contribution in [-0.2, 0) is 9.59 Å². The van der Waals surface area contributed by atoms with Gasteiger partial charge in [0, 0.05) is 6.54 Å². The third kappa shape index (κ3) is 1.73. The highest BCUT2D eigenvalue weighted by Gasteiger charge is 2.35. The van der Waals surface area contributed by atoms with E-state index in [-0.39, 0.29) is 6.54 Å². The quantitative estimate of drug-likeness (QED) is 0.518. The zero-order chi connectivity index (χ0) is 9.14. The minimum absolute atomic E-state index is 0.256. The van der Waals surface area contributed by atoms with Crippen LogP contribution in [0.15, 0.2) is 0 Å². The predicted molar refractivity (Wildman–Crippen MR) is 39.7 cm³/mol. The highest BCUT2D eigenvalue weighted by Crippen LogP contribution is 2.19. The van der Waals surface area contributed by atoms with Crippen LogP contribution >= 0.6 is 0 Å². The summed E-state index contributed by atoms with van der Waals surface area (Å²) < 4.78 is 0. The topological polar surface area (TPSA) is 86.6 Å². The van der Waals surface area contributed by atoms with Crippen molar-refractivity contribution in [3.05, 3.63) is 0 Å². The summed E-state index contributed by atoms with van der Waals surface area (Å²) >= 11 is 0. The van der Waals surface area contributed by atoms with Crippen LogP contribution in [0.1, 0.15) is 6.42 Å². The molecule has 0 amide bonds. The molecule has 5 nitrogen and oxygen atoms in total. The molecule has 1 fully saturated rings. The molecule has 0 aliphatic carbocycles. The molecule has 1 heterocycles. The first-order chi connectivity index (χ1) is 5.63. The molecule has 0 aromatic carbocycles. The van der Waals surface area contributed by atoms with Crippen LogP contribution < -0.4 is 5.32 Å². The lowest BCUT2D eigenvalue weighted by Crippen LogP contribution is -2.43. The Hall–Kier alpha value is -1.10. The number of hydrogen-bond donors (Lipinski definition) is 3. The summed E-state index contributed by atoms with van der Waals surface area (Å²) in [6, 6.07) is 0. The molecule has 0 bridgehead atoms. The molecule has 1 aliphatic rings. The van der Waals surface area contributed by atoms with E-state index < -0.39 is 23.8 Å². The van der Waals surface area contributed by atoms with E-state index in [4.69, 9.17) is 10.2 Å². The zero-order valence-electron chi connectivity index (χ0n) is 6.49. The van der Waals surface area contributed by atoms with Crippen LogP contribution in [0.4, 0.5) is 0 Å². The number of carboxylic acids is 2. The number of aliphatic carboxylic acids is 2. The Morgan fingerprint density at radius 3 is 2.17 bits per heavy atom. The van der Waals surface area contributed by atoms with Gasteiger partial charge in [-0.1, -0.05) is 0 Å². The van der Waals surface area contributed by atoms with Crippen LogP contribution in [0.2, 0.25) is 0 Å². The number of hydrogen-bond acceptors (Lipinski definition) is 3. The van der Waals surface area contributed by atoms with Crippen molar-refractivity contribution in [2.75, 3.05) is 13.1 Å². The number of nitrogens with one attached hydrogen (secondary N) is 1. The van der Waals surface area contributed by atoms with Crippen molar-refractivity contribution in [3.63, 3.8) is 0 Å². The monoisotopic (exact) mass is 173 g/mol. The number of carboxylic acid groups (broad SMARTS) is 2. The highest BCUT2D eigenvalue weighted by atomic mass is 16.4. The maximum absolute atomic E-state index is 10.6. The second-order valence-corrected chi connectivity index (χ2v) is 2.88. The summed E-state index contributed by atoms with van der Waals surface area (Å²) in [5.41, 5.74) is 0. The lowest BCUT2D eigenvalue weighted by atomic mass is 9.87. The fourth-order valence-electron chi connectivity index (χ4n) is 1.41. The molecule has 0 aromatic rings. The molecule has 1 aliphatic heterocycles. The molecular weight excluding hydrogens is 162 g/mol. The molecular formula is C7H11NO4. The van der Waals surface area contributed by atoms with E-state index in [1.54, 1.807) is 0 Å². The largest absolute Gasteiger partial charge is 0.481 e. The Balaban J connectivity index is 2.67. The lowest BCUT2D eigenvalue weighted by molar-refractivity contribution is -0.154. The summed E-state index contributed by atoms with van der Waals surface area (Å²) in [6.07, 6.45) is 0.395. The fraction of sp³-hybridized carbons (Fsp3) is 0.714. The molecule has 5 heteroatoms. The first-order valence-corrected chi connectivity index (χ1v) is 3.79. The average molecular weight is 173 g/mol. The van der Waals surface area contributed by atoms with Gasteiger partial charge < -0.3 is 15.5 Å². The van der Waals surface area contributed by atoms with Crippen LogP contribution in [0.5, 0.6) is 0 Å². The van der Waals surface area contributed by atoms with Crippen LogP contribution in [0.3, 0.4) is 0 Å². The molecule has 2 atom stereocenters. The molecule has 3 N–H and O–H groups in total. The molecule has 12 heavy (non-hydrogen) atoms. The number of piperidine rings is 1. The van der Waals surface area contributed by atoms with Crippen molar-refractivity contribution in [1.82, 2.24) is 5.32 Å². The summed E-state index contributed by atoms with van der Waals surface area (Å²) in [5.74, 6) is -3.56. The SMILES string of the molecule is O=C(O)[C@H]1CCNC[C@@H]1C(=O)O. The zero-order valence-corrected chi connectivity index (χ0v) is 6.49. The third-order valence-corrected chi connectivity index (χ3v) is 2.12. The van der Waals surface area contributed by atoms with Gasteiger partial charge in [-0.15, -0.1) is 0 Å². The fourth-order valence-corrected chi connectivity index (χ4v) is 1.41. The Morgan fingerprint density at radius 2 is 1.75 bits per heavy atom. The van der Waals surface area contributed by atoms with Gasteiger partial charge in [0.05, 0.1) is 11.8 Å². The first-order valence-electron chi connectivity index (χ1n) is 3.79. The van der Waals surface area contributed by atoms with E-state index in [2.05, 4.69) is 5.32 Å². The van der Waals surface area contributed by atoms with Crippen molar-refractivity contribution < 1.29 is 19.8 Å². The van der Waals surface area contributed by atoms with E-state index in [1.165, 1.54) is 0 Å². The van der Waals surface area contributed by atoms with Crippen molar-refractivity contribution in [2.45, 2.75) is 6.42 Å².